The Balaban J connectivity index is 0.00000220. The Morgan fingerprint density at radius 1 is 1.19 bits per heavy atom. The van der Waals surface area contributed by atoms with E-state index in [0.29, 0.717) is 0 Å². The number of thioether (sulfide) groups is 1. The molecule has 2 N–H and O–H groups in total. The Kier molecular flexibility index (Phi) is 7.16. The molecule has 0 aromatic heterocycles. The van der Waals surface area contributed by atoms with Crippen LogP contribution in [0.25, 0.3) is 0 Å². The van der Waals surface area contributed by atoms with Gasteiger partial charge in [-0.1, -0.05) is 41.6 Å². The monoisotopic (exact) mass is 352 g/mol. The molecule has 0 spiro atoms. The summed E-state index contributed by atoms with van der Waals surface area (Å²) < 4.78 is 16.5. The van der Waals surface area contributed by atoms with E-state index in [4.69, 9.17) is 4.52 Å². The standard InChI is InChI=1S/C14H17O4PS.K.H/c1-10-8-11(2)13(12(3)9-10)14(18-19(15,16)17)6-4-5-7-20-14;;/h4-9H,1-3H3,(H2,15,16,17);;/q;+1;-1. The zero-order chi connectivity index (χ0) is 15.0. The first kappa shape index (κ1) is 19.8. The smallest absolute Gasteiger partial charge is 1.00 e. The summed E-state index contributed by atoms with van der Waals surface area (Å²) in [5.41, 5.74) is 3.79. The first-order chi connectivity index (χ1) is 9.23. The van der Waals surface area contributed by atoms with Gasteiger partial charge in [0, 0.05) is 5.56 Å². The average Bonchev–Trinajstić information content (AvgIpc) is 2.25. The first-order valence-electron chi connectivity index (χ1n) is 6.10. The van der Waals surface area contributed by atoms with E-state index in [1.165, 1.54) is 11.8 Å². The summed E-state index contributed by atoms with van der Waals surface area (Å²) in [5, 5.41) is 1.77. The number of rotatable bonds is 3. The van der Waals surface area contributed by atoms with E-state index in [1.807, 2.05) is 39.0 Å². The summed E-state index contributed by atoms with van der Waals surface area (Å²) in [6, 6.07) is 3.97. The van der Waals surface area contributed by atoms with Gasteiger partial charge in [-0.25, -0.2) is 4.57 Å². The second-order valence-corrected chi connectivity index (χ2v) is 7.11. The maximum atomic E-state index is 11.4. The van der Waals surface area contributed by atoms with Gasteiger partial charge >= 0.3 is 59.2 Å². The van der Waals surface area contributed by atoms with Crippen molar-refractivity contribution >= 4 is 19.6 Å². The van der Waals surface area contributed by atoms with Gasteiger partial charge in [0.2, 0.25) is 0 Å². The number of hydrogen-bond acceptors (Lipinski definition) is 3. The third-order valence-electron chi connectivity index (χ3n) is 3.03. The predicted octanol–water partition coefficient (Wildman–Crippen LogP) is 0.807. The fourth-order valence-electron chi connectivity index (χ4n) is 2.55. The fourth-order valence-corrected chi connectivity index (χ4v) is 4.49. The van der Waals surface area contributed by atoms with Gasteiger partial charge in [0.25, 0.3) is 0 Å². The summed E-state index contributed by atoms with van der Waals surface area (Å²) in [7, 11) is -4.62. The Morgan fingerprint density at radius 2 is 1.76 bits per heavy atom. The van der Waals surface area contributed by atoms with Crippen molar-refractivity contribution in [1.29, 1.82) is 0 Å². The Labute approximate surface area is 173 Å². The van der Waals surface area contributed by atoms with Crippen molar-refractivity contribution in [3.63, 3.8) is 0 Å². The summed E-state index contributed by atoms with van der Waals surface area (Å²) in [5.74, 6) is 0. The van der Waals surface area contributed by atoms with E-state index >= 15 is 0 Å². The van der Waals surface area contributed by atoms with Gasteiger partial charge in [0.15, 0.2) is 4.93 Å². The van der Waals surface area contributed by atoms with Crippen LogP contribution in [0.1, 0.15) is 23.7 Å². The molecular formula is C14H18KO4PS. The molecule has 1 aliphatic heterocycles. The quantitative estimate of drug-likeness (QED) is 0.622. The number of phosphoric ester groups is 1. The van der Waals surface area contributed by atoms with Crippen LogP contribution in [-0.2, 0) is 14.0 Å². The molecule has 1 aromatic rings. The van der Waals surface area contributed by atoms with E-state index < -0.39 is 12.8 Å². The van der Waals surface area contributed by atoms with Crippen LogP contribution in [0, 0.1) is 20.8 Å². The zero-order valence-electron chi connectivity index (χ0n) is 13.5. The number of benzene rings is 1. The molecule has 21 heavy (non-hydrogen) atoms. The van der Waals surface area contributed by atoms with Crippen LogP contribution in [0.4, 0.5) is 0 Å². The van der Waals surface area contributed by atoms with Crippen LogP contribution in [0.2, 0.25) is 0 Å². The van der Waals surface area contributed by atoms with Gasteiger partial charge in [-0.2, -0.15) is 0 Å². The molecule has 0 saturated heterocycles. The third kappa shape index (κ3) is 4.88. The zero-order valence-corrected chi connectivity index (χ0v) is 17.4. The van der Waals surface area contributed by atoms with Crippen LogP contribution in [0.3, 0.4) is 0 Å². The molecule has 7 heteroatoms. The molecule has 4 nitrogen and oxygen atoms in total. The van der Waals surface area contributed by atoms with Crippen LogP contribution >= 0.6 is 19.6 Å². The third-order valence-corrected chi connectivity index (χ3v) is 4.74. The van der Waals surface area contributed by atoms with Gasteiger partial charge in [-0.05, 0) is 43.4 Å². The fraction of sp³-hybridized carbons (Fsp3) is 0.286. The van der Waals surface area contributed by atoms with Gasteiger partial charge in [-0.15, -0.1) is 0 Å². The first-order valence-corrected chi connectivity index (χ1v) is 8.51. The molecule has 1 aliphatic rings. The van der Waals surface area contributed by atoms with Crippen molar-refractivity contribution in [1.82, 2.24) is 0 Å². The molecule has 0 bridgehead atoms. The van der Waals surface area contributed by atoms with E-state index in [9.17, 15) is 14.4 Å². The minimum atomic E-state index is -4.62. The Morgan fingerprint density at radius 3 is 2.19 bits per heavy atom. The maximum absolute atomic E-state index is 11.4. The average molecular weight is 352 g/mol. The molecule has 0 radical (unpaired) electrons. The molecule has 1 unspecified atom stereocenters. The Bertz CT molecular complexity index is 621. The molecular weight excluding hydrogens is 334 g/mol. The summed E-state index contributed by atoms with van der Waals surface area (Å²) >= 11 is 1.24. The van der Waals surface area contributed by atoms with E-state index in [1.54, 1.807) is 17.6 Å². The van der Waals surface area contributed by atoms with Crippen molar-refractivity contribution in [2.75, 3.05) is 0 Å². The van der Waals surface area contributed by atoms with Crippen LogP contribution in [-0.4, -0.2) is 9.79 Å². The van der Waals surface area contributed by atoms with Crippen molar-refractivity contribution in [2.24, 2.45) is 0 Å². The second kappa shape index (κ2) is 7.58. The summed E-state index contributed by atoms with van der Waals surface area (Å²) in [6.45, 7) is 5.84. The number of phosphoric acid groups is 1. The number of aryl methyl sites for hydroxylation is 3. The van der Waals surface area contributed by atoms with Gasteiger partial charge in [0.1, 0.15) is 0 Å². The van der Waals surface area contributed by atoms with Crippen LogP contribution in [0.15, 0.2) is 35.8 Å². The normalized spacial score (nSPS) is 21.2. The molecule has 1 heterocycles. The van der Waals surface area contributed by atoms with Crippen molar-refractivity contribution < 1.29 is 71.7 Å². The van der Waals surface area contributed by atoms with Crippen LogP contribution < -0.4 is 51.4 Å². The summed E-state index contributed by atoms with van der Waals surface area (Å²) in [4.78, 5) is 17.3. The molecule has 0 fully saturated rings. The maximum Gasteiger partial charge on any atom is 1.00 e. The van der Waals surface area contributed by atoms with E-state index in [-0.39, 0.29) is 52.8 Å². The van der Waals surface area contributed by atoms with E-state index in [0.717, 1.165) is 22.3 Å². The van der Waals surface area contributed by atoms with E-state index in [2.05, 4.69) is 0 Å². The Hall–Kier alpha value is 0.796. The molecule has 0 amide bonds. The predicted molar refractivity (Wildman–Crippen MR) is 82.4 cm³/mol. The number of allylic oxidation sites excluding steroid dienone is 2. The largest absolute Gasteiger partial charge is 1.00 e. The van der Waals surface area contributed by atoms with Crippen molar-refractivity contribution in [3.05, 3.63) is 58.0 Å². The SMILES string of the molecule is Cc1cc(C)c(C2(OP(=O)(O)O)C=CC=CS2)c(C)c1.[H-].[K+]. The minimum Gasteiger partial charge on any atom is -1.00 e. The summed E-state index contributed by atoms with van der Waals surface area (Å²) in [6.07, 6.45) is 5.23. The van der Waals surface area contributed by atoms with Gasteiger partial charge in [-0.3, -0.25) is 4.52 Å². The molecule has 0 aliphatic carbocycles. The number of hydrogen-bond donors (Lipinski definition) is 2. The molecule has 1 aromatic carbocycles. The van der Waals surface area contributed by atoms with Gasteiger partial charge in [0.05, 0.1) is 0 Å². The van der Waals surface area contributed by atoms with Crippen LogP contribution in [0.5, 0.6) is 0 Å². The molecule has 110 valence electrons. The van der Waals surface area contributed by atoms with Crippen molar-refractivity contribution in [3.8, 4) is 0 Å². The topological polar surface area (TPSA) is 66.8 Å². The van der Waals surface area contributed by atoms with Gasteiger partial charge < -0.3 is 11.2 Å². The second-order valence-electron chi connectivity index (χ2n) is 4.83. The molecule has 0 saturated carbocycles. The minimum absolute atomic E-state index is 0. The molecule has 2 rings (SSSR count). The molecule has 1 atom stereocenters. The van der Waals surface area contributed by atoms with Crippen molar-refractivity contribution in [2.45, 2.75) is 25.7 Å².